The van der Waals surface area contributed by atoms with E-state index in [1.807, 2.05) is 35.7 Å². The molecule has 0 unspecified atom stereocenters. The lowest BCUT2D eigenvalue weighted by molar-refractivity contribution is 0.102. The highest BCUT2D eigenvalue weighted by Gasteiger charge is 2.19. The summed E-state index contributed by atoms with van der Waals surface area (Å²) in [7, 11) is -3.81. The van der Waals surface area contributed by atoms with Crippen molar-refractivity contribution < 1.29 is 13.2 Å². The van der Waals surface area contributed by atoms with E-state index >= 15 is 0 Å². The zero-order valence-corrected chi connectivity index (χ0v) is 19.7. The Hall–Kier alpha value is -3.87. The van der Waals surface area contributed by atoms with Gasteiger partial charge in [0.15, 0.2) is 10.1 Å². The van der Waals surface area contributed by atoms with Gasteiger partial charge in [0.2, 0.25) is 0 Å². The van der Waals surface area contributed by atoms with Crippen molar-refractivity contribution in [3.8, 4) is 11.3 Å². The second kappa shape index (κ2) is 8.82. The molecule has 34 heavy (non-hydrogen) atoms. The first kappa shape index (κ1) is 21.9. The normalized spacial score (nSPS) is 11.4. The van der Waals surface area contributed by atoms with Gasteiger partial charge in [-0.15, -0.1) is 22.7 Å². The van der Waals surface area contributed by atoms with Crippen molar-refractivity contribution in [2.75, 3.05) is 10.0 Å². The molecule has 0 saturated carbocycles. The molecule has 3 heterocycles. The number of fused-ring (bicyclic) bond motifs is 1. The van der Waals surface area contributed by atoms with E-state index in [0.717, 1.165) is 16.9 Å². The van der Waals surface area contributed by atoms with Crippen LogP contribution < -0.4 is 15.6 Å². The average Bonchev–Trinajstić information content (AvgIpc) is 3.50. The fraction of sp³-hybridized carbons (Fsp3) is 0. The van der Waals surface area contributed by atoms with Gasteiger partial charge < -0.3 is 5.32 Å². The molecule has 0 atom stereocenters. The number of rotatable bonds is 6. The van der Waals surface area contributed by atoms with E-state index in [-0.39, 0.29) is 15.6 Å². The lowest BCUT2D eigenvalue weighted by Gasteiger charge is -2.08. The molecule has 0 bridgehead atoms. The molecule has 12 heteroatoms. The molecule has 9 nitrogen and oxygen atoms in total. The molecule has 0 aliphatic rings. The molecule has 0 saturated heterocycles. The maximum atomic E-state index is 13.1. The smallest absolute Gasteiger partial charge is 0.271 e. The van der Waals surface area contributed by atoms with Gasteiger partial charge in [-0.2, -0.15) is 0 Å². The lowest BCUT2D eigenvalue weighted by atomic mass is 10.2. The molecule has 0 spiro atoms. The topological polar surface area (TPSA) is 123 Å². The number of carbonyl (C=O) groups is 1. The molecule has 3 aromatic heterocycles. The number of nitrogens with zero attached hydrogens (tertiary/aromatic N) is 3. The Kier molecular flexibility index (Phi) is 5.69. The van der Waals surface area contributed by atoms with Crippen molar-refractivity contribution in [3.05, 3.63) is 93.7 Å². The summed E-state index contributed by atoms with van der Waals surface area (Å²) in [6.07, 6.45) is 2.74. The Morgan fingerprint density at radius 2 is 1.74 bits per heavy atom. The molecule has 170 valence electrons. The van der Waals surface area contributed by atoms with E-state index in [9.17, 15) is 18.0 Å². The fourth-order valence-electron chi connectivity index (χ4n) is 3.22. The number of thiazole rings is 2. The number of hydrogen-bond acceptors (Lipinski definition) is 8. The zero-order chi connectivity index (χ0) is 23.7. The van der Waals surface area contributed by atoms with Crippen molar-refractivity contribution >= 4 is 54.4 Å². The van der Waals surface area contributed by atoms with Gasteiger partial charge in [0.05, 0.1) is 10.6 Å². The third kappa shape index (κ3) is 4.21. The summed E-state index contributed by atoms with van der Waals surface area (Å²) >= 11 is 2.47. The summed E-state index contributed by atoms with van der Waals surface area (Å²) in [6.45, 7) is 0. The SMILES string of the molecule is O=C(Nc1ccc(S(=O)(=O)Nc2nccs2)cc1)c1cnc2scc(-c3ccccc3)n2c1=O. The number of sulfonamides is 1. The highest BCUT2D eigenvalue weighted by atomic mass is 32.2. The van der Waals surface area contributed by atoms with Crippen LogP contribution in [-0.4, -0.2) is 28.7 Å². The minimum Gasteiger partial charge on any atom is -0.322 e. The van der Waals surface area contributed by atoms with Crippen molar-refractivity contribution in [1.29, 1.82) is 0 Å². The predicted octanol–water partition coefficient (Wildman–Crippen LogP) is 3.93. The standard InChI is InChI=1S/C22H15N5O4S3/c28-19(25-15-6-8-16(9-7-15)34(30,31)26-21-23-10-11-32-21)17-12-24-22-27(20(17)29)18(13-33-22)14-4-2-1-3-5-14/h1-13H,(H,23,26)(H,25,28). The number of aromatic nitrogens is 3. The Morgan fingerprint density at radius 3 is 2.44 bits per heavy atom. The molecule has 2 N–H and O–H groups in total. The minimum absolute atomic E-state index is 0.00892. The van der Waals surface area contributed by atoms with Gasteiger partial charge >= 0.3 is 0 Å². The van der Waals surface area contributed by atoms with E-state index in [1.165, 1.54) is 52.4 Å². The fourth-order valence-corrected chi connectivity index (χ4v) is 5.87. The first-order chi connectivity index (χ1) is 16.4. The zero-order valence-electron chi connectivity index (χ0n) is 17.2. The quantitative estimate of drug-likeness (QED) is 0.358. The summed E-state index contributed by atoms with van der Waals surface area (Å²) in [4.78, 5) is 34.6. The van der Waals surface area contributed by atoms with E-state index in [4.69, 9.17) is 0 Å². The number of nitrogens with one attached hydrogen (secondary N) is 2. The summed E-state index contributed by atoms with van der Waals surface area (Å²) in [5.74, 6) is -0.645. The van der Waals surface area contributed by atoms with Crippen molar-refractivity contribution in [2.45, 2.75) is 4.90 Å². The monoisotopic (exact) mass is 509 g/mol. The van der Waals surface area contributed by atoms with E-state index in [1.54, 1.807) is 5.38 Å². The second-order valence-electron chi connectivity index (χ2n) is 7.00. The van der Waals surface area contributed by atoms with Crippen LogP contribution in [0.15, 0.2) is 87.4 Å². The first-order valence-corrected chi connectivity index (χ1v) is 13.0. The van der Waals surface area contributed by atoms with Crippen LogP contribution in [0.1, 0.15) is 10.4 Å². The van der Waals surface area contributed by atoms with E-state index in [0.29, 0.717) is 16.3 Å². The van der Waals surface area contributed by atoms with Gasteiger partial charge in [-0.05, 0) is 29.8 Å². The van der Waals surface area contributed by atoms with Crippen molar-refractivity contribution in [2.24, 2.45) is 0 Å². The molecule has 0 aliphatic heterocycles. The van der Waals surface area contributed by atoms with Gasteiger partial charge in [0.25, 0.3) is 21.5 Å². The Labute approximate surface area is 201 Å². The van der Waals surface area contributed by atoms with Crippen LogP contribution in [0.5, 0.6) is 0 Å². The largest absolute Gasteiger partial charge is 0.322 e. The molecule has 2 aromatic carbocycles. The van der Waals surface area contributed by atoms with Crippen LogP contribution in [0.2, 0.25) is 0 Å². The molecular formula is C22H15N5O4S3. The van der Waals surface area contributed by atoms with Crippen molar-refractivity contribution in [3.63, 3.8) is 0 Å². The summed E-state index contributed by atoms with van der Waals surface area (Å²) in [5.41, 5.74) is 1.19. The molecule has 0 aliphatic carbocycles. The summed E-state index contributed by atoms with van der Waals surface area (Å²) in [5, 5.41) is 6.35. The number of anilines is 2. The van der Waals surface area contributed by atoms with Crippen LogP contribution in [0, 0.1) is 0 Å². The summed E-state index contributed by atoms with van der Waals surface area (Å²) in [6, 6.07) is 14.9. The summed E-state index contributed by atoms with van der Waals surface area (Å²) < 4.78 is 28.7. The molecule has 0 radical (unpaired) electrons. The third-order valence-electron chi connectivity index (χ3n) is 4.84. The third-order valence-corrected chi connectivity index (χ3v) is 7.85. The molecule has 0 fully saturated rings. The molecule has 1 amide bonds. The highest BCUT2D eigenvalue weighted by Crippen LogP contribution is 2.24. The van der Waals surface area contributed by atoms with Crippen LogP contribution in [0.4, 0.5) is 10.8 Å². The number of hydrogen-bond donors (Lipinski definition) is 2. The van der Waals surface area contributed by atoms with E-state index < -0.39 is 21.5 Å². The maximum absolute atomic E-state index is 13.1. The Bertz CT molecular complexity index is 1640. The van der Waals surface area contributed by atoms with Gasteiger partial charge in [0.1, 0.15) is 5.56 Å². The average molecular weight is 510 g/mol. The van der Waals surface area contributed by atoms with Gasteiger partial charge in [0, 0.05) is 28.8 Å². The minimum atomic E-state index is -3.81. The number of benzene rings is 2. The second-order valence-corrected chi connectivity index (χ2v) is 10.4. The predicted molar refractivity (Wildman–Crippen MR) is 132 cm³/mol. The van der Waals surface area contributed by atoms with Gasteiger partial charge in [-0.25, -0.2) is 18.4 Å². The molecule has 5 rings (SSSR count). The molecule has 5 aromatic rings. The van der Waals surface area contributed by atoms with Crippen LogP contribution in [0.25, 0.3) is 16.2 Å². The number of amides is 1. The van der Waals surface area contributed by atoms with Crippen LogP contribution in [-0.2, 0) is 10.0 Å². The molecular weight excluding hydrogens is 494 g/mol. The van der Waals surface area contributed by atoms with Gasteiger partial charge in [-0.1, -0.05) is 30.3 Å². The van der Waals surface area contributed by atoms with Crippen LogP contribution in [0.3, 0.4) is 0 Å². The van der Waals surface area contributed by atoms with Crippen molar-refractivity contribution in [1.82, 2.24) is 14.4 Å². The maximum Gasteiger partial charge on any atom is 0.271 e. The number of carbonyl (C=O) groups excluding carboxylic acids is 1. The first-order valence-electron chi connectivity index (χ1n) is 9.81. The van der Waals surface area contributed by atoms with Gasteiger partial charge in [-0.3, -0.25) is 18.7 Å². The Balaban J connectivity index is 1.40. The lowest BCUT2D eigenvalue weighted by Crippen LogP contribution is -2.26. The van der Waals surface area contributed by atoms with E-state index in [2.05, 4.69) is 20.0 Å². The highest BCUT2D eigenvalue weighted by molar-refractivity contribution is 7.93. The van der Waals surface area contributed by atoms with Crippen LogP contribution >= 0.6 is 22.7 Å². The Morgan fingerprint density at radius 1 is 0.971 bits per heavy atom.